The first-order valence-corrected chi connectivity index (χ1v) is 7.71. The number of nitrogens with zero attached hydrogens (tertiary/aromatic N) is 2. The highest BCUT2D eigenvalue weighted by atomic mass is 16.5. The zero-order chi connectivity index (χ0) is 17.9. The van der Waals surface area contributed by atoms with E-state index in [9.17, 15) is 14.8 Å². The third-order valence-electron chi connectivity index (χ3n) is 3.36. The SMILES string of the molecule is CCOc1ccc2nc(COC(=O)C(C)C)c(C(C)=O)[n+]([O-])c2c1. The highest BCUT2D eigenvalue weighted by Crippen LogP contribution is 2.19. The molecule has 0 saturated carbocycles. The molecule has 0 aliphatic carbocycles. The summed E-state index contributed by atoms with van der Waals surface area (Å²) in [5, 5.41) is 12.6. The Kier molecular flexibility index (Phi) is 5.33. The molecule has 0 aliphatic rings. The molecule has 128 valence electrons. The Morgan fingerprint density at radius 3 is 2.62 bits per heavy atom. The summed E-state index contributed by atoms with van der Waals surface area (Å²) in [6.07, 6.45) is 0. The fraction of sp³-hybridized carbons (Fsp3) is 0.412. The minimum atomic E-state index is -0.447. The van der Waals surface area contributed by atoms with Crippen LogP contribution in [0.25, 0.3) is 11.0 Å². The van der Waals surface area contributed by atoms with Crippen LogP contribution in [0.5, 0.6) is 5.75 Å². The van der Waals surface area contributed by atoms with E-state index in [0.717, 1.165) is 0 Å². The van der Waals surface area contributed by atoms with Gasteiger partial charge < -0.3 is 14.7 Å². The maximum Gasteiger partial charge on any atom is 0.308 e. The van der Waals surface area contributed by atoms with Gasteiger partial charge in [0.05, 0.1) is 18.6 Å². The number of ketones is 1. The van der Waals surface area contributed by atoms with Gasteiger partial charge in [0.2, 0.25) is 11.3 Å². The third-order valence-corrected chi connectivity index (χ3v) is 3.36. The van der Waals surface area contributed by atoms with E-state index in [4.69, 9.17) is 9.47 Å². The molecule has 2 rings (SSSR count). The number of esters is 1. The average Bonchev–Trinajstić information content (AvgIpc) is 2.52. The predicted molar refractivity (Wildman–Crippen MR) is 86.5 cm³/mol. The van der Waals surface area contributed by atoms with Crippen LogP contribution in [0.2, 0.25) is 0 Å². The van der Waals surface area contributed by atoms with Gasteiger partial charge in [-0.15, -0.1) is 0 Å². The molecule has 0 bridgehead atoms. The molecular formula is C17H20N2O5. The standard InChI is InChI=1S/C17H20N2O5/c1-5-23-12-6-7-13-15(8-12)19(22)16(11(4)20)14(18-13)9-24-17(21)10(2)3/h6-8,10H,5,9H2,1-4H3. The van der Waals surface area contributed by atoms with Gasteiger partial charge in [0.25, 0.3) is 5.69 Å². The van der Waals surface area contributed by atoms with E-state index in [0.29, 0.717) is 22.6 Å². The molecule has 0 N–H and O–H groups in total. The Morgan fingerprint density at radius 1 is 1.33 bits per heavy atom. The number of carbonyl (C=O) groups is 2. The monoisotopic (exact) mass is 332 g/mol. The summed E-state index contributed by atoms with van der Waals surface area (Å²) in [5.41, 5.74) is 0.634. The first-order chi connectivity index (χ1) is 11.3. The molecule has 24 heavy (non-hydrogen) atoms. The van der Waals surface area contributed by atoms with E-state index < -0.39 is 11.8 Å². The number of ether oxygens (including phenoxy) is 2. The summed E-state index contributed by atoms with van der Waals surface area (Å²) in [7, 11) is 0. The smallest absolute Gasteiger partial charge is 0.308 e. The van der Waals surface area contributed by atoms with Gasteiger partial charge >= 0.3 is 5.97 Å². The van der Waals surface area contributed by atoms with Crippen LogP contribution in [0.1, 0.15) is 43.9 Å². The van der Waals surface area contributed by atoms with Crippen LogP contribution in [0.3, 0.4) is 0 Å². The van der Waals surface area contributed by atoms with E-state index in [1.807, 2.05) is 6.92 Å². The van der Waals surface area contributed by atoms with Crippen LogP contribution in [0.15, 0.2) is 18.2 Å². The highest BCUT2D eigenvalue weighted by molar-refractivity contribution is 5.93. The number of carbonyl (C=O) groups excluding carboxylic acids is 2. The van der Waals surface area contributed by atoms with Crippen molar-refractivity contribution < 1.29 is 23.8 Å². The van der Waals surface area contributed by atoms with Crippen LogP contribution >= 0.6 is 0 Å². The topological polar surface area (TPSA) is 92.4 Å². The second-order valence-corrected chi connectivity index (χ2v) is 5.60. The molecule has 1 aromatic heterocycles. The normalized spacial score (nSPS) is 10.9. The lowest BCUT2D eigenvalue weighted by Gasteiger charge is -2.12. The minimum absolute atomic E-state index is 0.132. The molecule has 0 atom stereocenters. The fourth-order valence-electron chi connectivity index (χ4n) is 2.21. The Bertz CT molecular complexity index is 786. The number of hydrogen-bond donors (Lipinski definition) is 0. The summed E-state index contributed by atoms with van der Waals surface area (Å²) in [4.78, 5) is 27.8. The van der Waals surface area contributed by atoms with Crippen molar-refractivity contribution in [2.24, 2.45) is 5.92 Å². The van der Waals surface area contributed by atoms with Crippen molar-refractivity contribution in [3.05, 3.63) is 34.8 Å². The van der Waals surface area contributed by atoms with E-state index in [2.05, 4.69) is 4.98 Å². The van der Waals surface area contributed by atoms with Crippen molar-refractivity contribution in [3.63, 3.8) is 0 Å². The van der Waals surface area contributed by atoms with Crippen molar-refractivity contribution in [1.82, 2.24) is 4.98 Å². The lowest BCUT2D eigenvalue weighted by Crippen LogP contribution is -2.37. The largest absolute Gasteiger partial charge is 0.618 e. The summed E-state index contributed by atoms with van der Waals surface area (Å²) in [5.74, 6) is -0.656. The van der Waals surface area contributed by atoms with Crippen molar-refractivity contribution >= 4 is 22.8 Å². The maximum absolute atomic E-state index is 12.6. The lowest BCUT2D eigenvalue weighted by atomic mass is 10.2. The molecule has 7 heteroatoms. The Morgan fingerprint density at radius 2 is 2.04 bits per heavy atom. The summed E-state index contributed by atoms with van der Waals surface area (Å²) in [6.45, 7) is 6.74. The number of hydrogen-bond acceptors (Lipinski definition) is 6. The molecule has 7 nitrogen and oxygen atoms in total. The van der Waals surface area contributed by atoms with Gasteiger partial charge in [-0.2, -0.15) is 4.73 Å². The molecule has 0 amide bonds. The molecule has 0 radical (unpaired) electrons. The van der Waals surface area contributed by atoms with Crippen molar-refractivity contribution in [2.75, 3.05) is 6.61 Å². The summed E-state index contributed by atoms with van der Waals surface area (Å²) < 4.78 is 11.0. The van der Waals surface area contributed by atoms with Crippen LogP contribution < -0.4 is 9.47 Å². The Hall–Kier alpha value is -2.70. The van der Waals surface area contributed by atoms with Crippen LogP contribution in [0.4, 0.5) is 0 Å². The number of Topliss-reactive ketones (excluding diaryl/α,β-unsaturated/α-hetero) is 1. The number of fused-ring (bicyclic) bond motifs is 1. The van der Waals surface area contributed by atoms with E-state index in [1.165, 1.54) is 13.0 Å². The Labute approximate surface area is 139 Å². The molecule has 1 aromatic carbocycles. The van der Waals surface area contributed by atoms with Gasteiger partial charge in [-0.25, -0.2) is 4.98 Å². The van der Waals surface area contributed by atoms with E-state index >= 15 is 0 Å². The van der Waals surface area contributed by atoms with Crippen molar-refractivity contribution in [2.45, 2.75) is 34.3 Å². The van der Waals surface area contributed by atoms with Gasteiger partial charge in [0, 0.05) is 6.92 Å². The first kappa shape index (κ1) is 17.7. The predicted octanol–water partition coefficient (Wildman–Crippen LogP) is 2.17. The van der Waals surface area contributed by atoms with Gasteiger partial charge in [0.1, 0.15) is 17.9 Å². The maximum atomic E-state index is 12.6. The highest BCUT2D eigenvalue weighted by Gasteiger charge is 2.24. The van der Waals surface area contributed by atoms with Crippen LogP contribution in [-0.2, 0) is 16.1 Å². The number of rotatable bonds is 6. The molecular weight excluding hydrogens is 312 g/mol. The molecule has 0 unspecified atom stereocenters. The number of aromatic nitrogens is 2. The van der Waals surface area contributed by atoms with E-state index in [1.54, 1.807) is 26.0 Å². The van der Waals surface area contributed by atoms with Crippen molar-refractivity contribution in [1.29, 1.82) is 0 Å². The van der Waals surface area contributed by atoms with E-state index in [-0.39, 0.29) is 29.4 Å². The van der Waals surface area contributed by atoms with Gasteiger partial charge in [0.15, 0.2) is 5.69 Å². The third kappa shape index (κ3) is 3.61. The zero-order valence-corrected chi connectivity index (χ0v) is 14.2. The zero-order valence-electron chi connectivity index (χ0n) is 14.2. The van der Waals surface area contributed by atoms with Gasteiger partial charge in [-0.05, 0) is 19.1 Å². The molecule has 0 saturated heterocycles. The quantitative estimate of drug-likeness (QED) is 0.348. The van der Waals surface area contributed by atoms with Crippen molar-refractivity contribution in [3.8, 4) is 5.75 Å². The average molecular weight is 332 g/mol. The molecule has 0 spiro atoms. The fourth-order valence-corrected chi connectivity index (χ4v) is 2.21. The first-order valence-electron chi connectivity index (χ1n) is 7.71. The molecule has 0 aliphatic heterocycles. The molecule has 2 aromatic rings. The second kappa shape index (κ2) is 7.25. The number of benzene rings is 1. The van der Waals surface area contributed by atoms with Crippen LogP contribution in [0, 0.1) is 11.1 Å². The second-order valence-electron chi connectivity index (χ2n) is 5.60. The molecule has 1 heterocycles. The van der Waals surface area contributed by atoms with Gasteiger partial charge in [-0.1, -0.05) is 13.8 Å². The minimum Gasteiger partial charge on any atom is -0.618 e. The van der Waals surface area contributed by atoms with Crippen LogP contribution in [-0.4, -0.2) is 23.3 Å². The molecule has 0 fully saturated rings. The van der Waals surface area contributed by atoms with Gasteiger partial charge in [-0.3, -0.25) is 9.59 Å². The summed E-state index contributed by atoms with van der Waals surface area (Å²) >= 11 is 0. The summed E-state index contributed by atoms with van der Waals surface area (Å²) in [6, 6.07) is 4.86. The Balaban J connectivity index is 2.51. The lowest BCUT2D eigenvalue weighted by molar-refractivity contribution is -0.580.